The Kier molecular flexibility index (Phi) is 3.40. The summed E-state index contributed by atoms with van der Waals surface area (Å²) in [7, 11) is 1.71. The third-order valence-electron chi connectivity index (χ3n) is 4.22. The second kappa shape index (κ2) is 5.10. The lowest BCUT2D eigenvalue weighted by Gasteiger charge is -2.19. The Morgan fingerprint density at radius 2 is 1.90 bits per heavy atom. The summed E-state index contributed by atoms with van der Waals surface area (Å²) >= 11 is 0. The first-order valence-electron chi connectivity index (χ1n) is 7.51. The smallest absolute Gasteiger partial charge is 0.119 e. The number of fused-ring (bicyclic) bond motifs is 1. The monoisotopic (exact) mass is 281 g/mol. The first-order chi connectivity index (χ1) is 9.97. The maximum absolute atomic E-state index is 5.33. The summed E-state index contributed by atoms with van der Waals surface area (Å²) in [6, 6.07) is 15.5. The van der Waals surface area contributed by atoms with Crippen LogP contribution in [-0.2, 0) is 11.8 Å². The SMILES string of the molecule is COc1cccc(C2Cc3cc(C(C)(C)C)ccc3N2)c1. The van der Waals surface area contributed by atoms with Gasteiger partial charge in [-0.3, -0.25) is 0 Å². The van der Waals surface area contributed by atoms with Crippen molar-refractivity contribution in [3.63, 3.8) is 0 Å². The van der Waals surface area contributed by atoms with E-state index in [2.05, 4.69) is 62.5 Å². The molecule has 3 rings (SSSR count). The van der Waals surface area contributed by atoms with Gasteiger partial charge < -0.3 is 10.1 Å². The summed E-state index contributed by atoms with van der Waals surface area (Å²) in [5.74, 6) is 0.917. The van der Waals surface area contributed by atoms with Crippen molar-refractivity contribution in [3.8, 4) is 5.75 Å². The molecule has 21 heavy (non-hydrogen) atoms. The Morgan fingerprint density at radius 3 is 2.62 bits per heavy atom. The first kappa shape index (κ1) is 14.0. The van der Waals surface area contributed by atoms with Crippen LogP contribution in [0.2, 0.25) is 0 Å². The normalized spacial score (nSPS) is 17.2. The van der Waals surface area contributed by atoms with Crippen LogP contribution in [0.25, 0.3) is 0 Å². The molecule has 0 fully saturated rings. The van der Waals surface area contributed by atoms with Gasteiger partial charge >= 0.3 is 0 Å². The highest BCUT2D eigenvalue weighted by Gasteiger charge is 2.24. The molecule has 0 spiro atoms. The fourth-order valence-electron chi connectivity index (χ4n) is 2.89. The van der Waals surface area contributed by atoms with Gasteiger partial charge in [0.2, 0.25) is 0 Å². The average molecular weight is 281 g/mol. The van der Waals surface area contributed by atoms with E-state index in [0.29, 0.717) is 6.04 Å². The molecule has 1 unspecified atom stereocenters. The van der Waals surface area contributed by atoms with Crippen molar-refractivity contribution in [1.29, 1.82) is 0 Å². The van der Waals surface area contributed by atoms with E-state index in [-0.39, 0.29) is 5.41 Å². The Balaban J connectivity index is 1.87. The van der Waals surface area contributed by atoms with E-state index in [1.807, 2.05) is 6.07 Å². The number of ether oxygens (including phenoxy) is 1. The summed E-state index contributed by atoms with van der Waals surface area (Å²) in [6.07, 6.45) is 1.03. The van der Waals surface area contributed by atoms with Crippen LogP contribution in [0.15, 0.2) is 42.5 Å². The fraction of sp³-hybridized carbons (Fsp3) is 0.368. The topological polar surface area (TPSA) is 21.3 Å². The molecule has 0 saturated heterocycles. The van der Waals surface area contributed by atoms with E-state index >= 15 is 0 Å². The van der Waals surface area contributed by atoms with Gasteiger partial charge in [0.15, 0.2) is 0 Å². The van der Waals surface area contributed by atoms with Gasteiger partial charge in [-0.1, -0.05) is 45.0 Å². The third kappa shape index (κ3) is 2.76. The summed E-state index contributed by atoms with van der Waals surface area (Å²) < 4.78 is 5.33. The minimum atomic E-state index is 0.198. The Labute approximate surface area is 127 Å². The van der Waals surface area contributed by atoms with Gasteiger partial charge in [0.05, 0.1) is 13.2 Å². The molecule has 0 bridgehead atoms. The van der Waals surface area contributed by atoms with Crippen LogP contribution in [0.4, 0.5) is 5.69 Å². The van der Waals surface area contributed by atoms with Gasteiger partial charge in [0.25, 0.3) is 0 Å². The molecule has 0 saturated carbocycles. The zero-order valence-corrected chi connectivity index (χ0v) is 13.2. The van der Waals surface area contributed by atoms with Crippen LogP contribution < -0.4 is 10.1 Å². The van der Waals surface area contributed by atoms with E-state index in [9.17, 15) is 0 Å². The molecule has 1 atom stereocenters. The molecule has 2 heteroatoms. The van der Waals surface area contributed by atoms with Crippen LogP contribution in [0.3, 0.4) is 0 Å². The minimum Gasteiger partial charge on any atom is -0.497 e. The predicted molar refractivity (Wildman–Crippen MR) is 88.2 cm³/mol. The number of rotatable bonds is 2. The molecule has 1 heterocycles. The molecule has 0 aromatic heterocycles. The van der Waals surface area contributed by atoms with Gasteiger partial charge in [0.1, 0.15) is 5.75 Å². The van der Waals surface area contributed by atoms with Crippen molar-refractivity contribution in [2.75, 3.05) is 12.4 Å². The van der Waals surface area contributed by atoms with Gasteiger partial charge in [-0.2, -0.15) is 0 Å². The van der Waals surface area contributed by atoms with Gasteiger partial charge in [-0.15, -0.1) is 0 Å². The van der Waals surface area contributed by atoms with Gasteiger partial charge in [-0.05, 0) is 46.7 Å². The van der Waals surface area contributed by atoms with E-state index < -0.39 is 0 Å². The minimum absolute atomic E-state index is 0.198. The summed E-state index contributed by atoms with van der Waals surface area (Å²) in [6.45, 7) is 6.78. The lowest BCUT2D eigenvalue weighted by atomic mass is 9.85. The molecule has 1 aliphatic rings. The van der Waals surface area contributed by atoms with E-state index in [1.165, 1.54) is 22.4 Å². The molecular weight excluding hydrogens is 258 g/mol. The van der Waals surface area contributed by atoms with Crippen molar-refractivity contribution in [3.05, 3.63) is 59.2 Å². The highest BCUT2D eigenvalue weighted by Crippen LogP contribution is 2.37. The second-order valence-electron chi connectivity index (χ2n) is 6.80. The third-order valence-corrected chi connectivity index (χ3v) is 4.22. The van der Waals surface area contributed by atoms with Gasteiger partial charge in [-0.25, -0.2) is 0 Å². The Morgan fingerprint density at radius 1 is 1.10 bits per heavy atom. The van der Waals surface area contributed by atoms with E-state index in [1.54, 1.807) is 7.11 Å². The van der Waals surface area contributed by atoms with Crippen molar-refractivity contribution in [1.82, 2.24) is 0 Å². The highest BCUT2D eigenvalue weighted by atomic mass is 16.5. The molecule has 1 aliphatic heterocycles. The summed E-state index contributed by atoms with van der Waals surface area (Å²) in [4.78, 5) is 0. The number of anilines is 1. The van der Waals surface area contributed by atoms with E-state index in [4.69, 9.17) is 4.74 Å². The summed E-state index contributed by atoms with van der Waals surface area (Å²) in [5.41, 5.74) is 5.55. The zero-order chi connectivity index (χ0) is 15.0. The van der Waals surface area contributed by atoms with Crippen LogP contribution >= 0.6 is 0 Å². The molecule has 2 aromatic carbocycles. The Bertz CT molecular complexity index is 655. The first-order valence-corrected chi connectivity index (χ1v) is 7.51. The van der Waals surface area contributed by atoms with Crippen LogP contribution in [0, 0.1) is 0 Å². The van der Waals surface area contributed by atoms with Crippen LogP contribution in [0.1, 0.15) is 43.5 Å². The molecule has 2 nitrogen and oxygen atoms in total. The highest BCUT2D eigenvalue weighted by molar-refractivity contribution is 5.60. The second-order valence-corrected chi connectivity index (χ2v) is 6.80. The lowest BCUT2D eigenvalue weighted by Crippen LogP contribution is -2.10. The fourth-order valence-corrected chi connectivity index (χ4v) is 2.89. The van der Waals surface area contributed by atoms with Gasteiger partial charge in [0, 0.05) is 5.69 Å². The molecule has 0 amide bonds. The molecule has 0 aliphatic carbocycles. The maximum Gasteiger partial charge on any atom is 0.119 e. The van der Waals surface area contributed by atoms with Crippen molar-refractivity contribution in [2.24, 2.45) is 0 Å². The molecule has 1 N–H and O–H groups in total. The number of hydrogen-bond acceptors (Lipinski definition) is 2. The largest absolute Gasteiger partial charge is 0.497 e. The zero-order valence-electron chi connectivity index (χ0n) is 13.2. The molecule has 110 valence electrons. The quantitative estimate of drug-likeness (QED) is 0.861. The Hall–Kier alpha value is -1.96. The molecule has 2 aromatic rings. The number of nitrogens with one attached hydrogen (secondary N) is 1. The number of methoxy groups -OCH3 is 1. The standard InChI is InChI=1S/C19H23NO/c1-19(2,3)15-8-9-17-14(10-15)12-18(20-17)13-6-5-7-16(11-13)21-4/h5-11,18,20H,12H2,1-4H3. The van der Waals surface area contributed by atoms with Crippen molar-refractivity contribution >= 4 is 5.69 Å². The average Bonchev–Trinajstić information content (AvgIpc) is 2.89. The number of benzene rings is 2. The lowest BCUT2D eigenvalue weighted by molar-refractivity contribution is 0.414. The summed E-state index contributed by atoms with van der Waals surface area (Å²) in [5, 5.41) is 3.63. The van der Waals surface area contributed by atoms with E-state index in [0.717, 1.165) is 12.2 Å². The molecule has 0 radical (unpaired) electrons. The van der Waals surface area contributed by atoms with Crippen molar-refractivity contribution in [2.45, 2.75) is 38.6 Å². The van der Waals surface area contributed by atoms with Crippen LogP contribution in [-0.4, -0.2) is 7.11 Å². The maximum atomic E-state index is 5.33. The van der Waals surface area contributed by atoms with Crippen molar-refractivity contribution < 1.29 is 4.74 Å². The van der Waals surface area contributed by atoms with Crippen LogP contribution in [0.5, 0.6) is 5.75 Å². The molecular formula is C19H23NO. The number of hydrogen-bond donors (Lipinski definition) is 1. The predicted octanol–water partition coefficient (Wildman–Crippen LogP) is 4.70.